The van der Waals surface area contributed by atoms with Crippen molar-refractivity contribution >= 4 is 22.9 Å². The number of nitrogens with zero attached hydrogens (tertiary/aromatic N) is 2. The van der Waals surface area contributed by atoms with Gasteiger partial charge in [0.25, 0.3) is 0 Å². The number of nitrogens with one attached hydrogen (secondary N) is 1. The van der Waals surface area contributed by atoms with E-state index in [0.717, 1.165) is 16.3 Å². The maximum absolute atomic E-state index is 12.0. The Bertz CT molecular complexity index is 726. The van der Waals surface area contributed by atoms with Gasteiger partial charge in [-0.05, 0) is 12.1 Å². The van der Waals surface area contributed by atoms with Gasteiger partial charge in [-0.2, -0.15) is 0 Å². The molecular formula is C16H13N3OS. The fraction of sp³-hybridized carbons (Fsp3) is 0.0625. The van der Waals surface area contributed by atoms with Crippen LogP contribution in [-0.2, 0) is 11.2 Å². The lowest BCUT2D eigenvalue weighted by Crippen LogP contribution is -2.14. The Kier molecular flexibility index (Phi) is 4.02. The van der Waals surface area contributed by atoms with Crippen LogP contribution in [0.1, 0.15) is 5.69 Å². The molecule has 2 aromatic heterocycles. The number of rotatable bonds is 4. The molecule has 0 atom stereocenters. The second-order valence-electron chi connectivity index (χ2n) is 4.48. The van der Waals surface area contributed by atoms with Crippen molar-refractivity contribution in [3.8, 4) is 10.6 Å². The molecule has 0 fully saturated rings. The van der Waals surface area contributed by atoms with Crippen LogP contribution >= 0.6 is 11.3 Å². The Labute approximate surface area is 126 Å². The molecule has 5 heteroatoms. The monoisotopic (exact) mass is 295 g/mol. The van der Waals surface area contributed by atoms with E-state index in [1.165, 1.54) is 0 Å². The number of thiazole rings is 1. The molecule has 21 heavy (non-hydrogen) atoms. The van der Waals surface area contributed by atoms with E-state index in [-0.39, 0.29) is 12.3 Å². The van der Waals surface area contributed by atoms with Crippen LogP contribution in [0.4, 0.5) is 5.69 Å². The Morgan fingerprint density at radius 3 is 2.76 bits per heavy atom. The second-order valence-corrected chi connectivity index (χ2v) is 5.33. The van der Waals surface area contributed by atoms with Crippen molar-refractivity contribution < 1.29 is 4.79 Å². The fourth-order valence-electron chi connectivity index (χ4n) is 1.91. The zero-order chi connectivity index (χ0) is 14.5. The molecule has 0 unspecified atom stereocenters. The number of anilines is 1. The predicted octanol–water partition coefficient (Wildman–Crippen LogP) is 3.39. The highest BCUT2D eigenvalue weighted by atomic mass is 32.1. The average Bonchev–Trinajstić information content (AvgIpc) is 2.97. The van der Waals surface area contributed by atoms with Crippen LogP contribution < -0.4 is 5.32 Å². The molecule has 104 valence electrons. The number of aromatic nitrogens is 2. The van der Waals surface area contributed by atoms with E-state index >= 15 is 0 Å². The Morgan fingerprint density at radius 1 is 1.14 bits per heavy atom. The maximum atomic E-state index is 12.0. The average molecular weight is 295 g/mol. The maximum Gasteiger partial charge on any atom is 0.230 e. The number of hydrogen-bond donors (Lipinski definition) is 1. The molecule has 0 saturated carbocycles. The Hall–Kier alpha value is -2.53. The molecule has 1 aromatic carbocycles. The lowest BCUT2D eigenvalue weighted by molar-refractivity contribution is -0.115. The zero-order valence-electron chi connectivity index (χ0n) is 11.2. The van der Waals surface area contributed by atoms with E-state index in [1.54, 1.807) is 35.9 Å². The minimum Gasteiger partial charge on any atom is -0.324 e. The van der Waals surface area contributed by atoms with Crippen LogP contribution in [0.5, 0.6) is 0 Å². The fourth-order valence-corrected chi connectivity index (χ4v) is 2.73. The van der Waals surface area contributed by atoms with Crippen molar-refractivity contribution in [3.63, 3.8) is 0 Å². The predicted molar refractivity (Wildman–Crippen MR) is 84.1 cm³/mol. The van der Waals surface area contributed by atoms with E-state index in [0.29, 0.717) is 5.69 Å². The summed E-state index contributed by atoms with van der Waals surface area (Å²) in [5.74, 6) is -0.0899. The van der Waals surface area contributed by atoms with Gasteiger partial charge in [0.05, 0.1) is 24.0 Å². The van der Waals surface area contributed by atoms with Gasteiger partial charge in [-0.15, -0.1) is 11.3 Å². The summed E-state index contributed by atoms with van der Waals surface area (Å²) in [6, 6.07) is 13.5. The van der Waals surface area contributed by atoms with Gasteiger partial charge in [-0.3, -0.25) is 9.78 Å². The Balaban J connectivity index is 1.66. The van der Waals surface area contributed by atoms with Crippen molar-refractivity contribution in [2.24, 2.45) is 0 Å². The van der Waals surface area contributed by atoms with Crippen LogP contribution in [0.15, 0.2) is 60.2 Å². The number of benzene rings is 1. The number of carbonyl (C=O) groups excluding carboxylic acids is 1. The summed E-state index contributed by atoms with van der Waals surface area (Å²) in [5.41, 5.74) is 2.54. The van der Waals surface area contributed by atoms with E-state index in [2.05, 4.69) is 15.3 Å². The van der Waals surface area contributed by atoms with Gasteiger partial charge >= 0.3 is 0 Å². The smallest absolute Gasteiger partial charge is 0.230 e. The van der Waals surface area contributed by atoms with Crippen LogP contribution in [0.3, 0.4) is 0 Å². The highest BCUT2D eigenvalue weighted by molar-refractivity contribution is 7.13. The van der Waals surface area contributed by atoms with Crippen LogP contribution in [-0.4, -0.2) is 15.9 Å². The van der Waals surface area contributed by atoms with Crippen molar-refractivity contribution in [1.82, 2.24) is 9.97 Å². The quantitative estimate of drug-likeness (QED) is 0.802. The molecule has 0 saturated heterocycles. The molecule has 0 aliphatic carbocycles. The lowest BCUT2D eigenvalue weighted by atomic mass is 10.2. The molecule has 0 aliphatic heterocycles. The van der Waals surface area contributed by atoms with Crippen LogP contribution in [0.25, 0.3) is 10.6 Å². The summed E-state index contributed by atoms with van der Waals surface area (Å²) in [4.78, 5) is 20.4. The highest BCUT2D eigenvalue weighted by Gasteiger charge is 2.09. The first-order chi connectivity index (χ1) is 10.3. The first-order valence-electron chi connectivity index (χ1n) is 6.51. The molecular weight excluding hydrogens is 282 g/mol. The first kappa shape index (κ1) is 13.5. The SMILES string of the molecule is O=C(Cc1csc(-c2ccccc2)n1)Nc1cccnc1. The van der Waals surface area contributed by atoms with Gasteiger partial charge in [-0.25, -0.2) is 4.98 Å². The van der Waals surface area contributed by atoms with E-state index in [4.69, 9.17) is 0 Å². The summed E-state index contributed by atoms with van der Waals surface area (Å²) in [6.45, 7) is 0. The molecule has 3 rings (SSSR count). The van der Waals surface area contributed by atoms with Crippen molar-refractivity contribution in [2.75, 3.05) is 5.32 Å². The number of pyridine rings is 1. The second kappa shape index (κ2) is 6.28. The molecule has 0 spiro atoms. The third-order valence-corrected chi connectivity index (χ3v) is 3.80. The van der Waals surface area contributed by atoms with Gasteiger partial charge in [0.2, 0.25) is 5.91 Å². The molecule has 1 amide bonds. The number of amides is 1. The van der Waals surface area contributed by atoms with Gasteiger partial charge < -0.3 is 5.32 Å². The topological polar surface area (TPSA) is 54.9 Å². The van der Waals surface area contributed by atoms with Gasteiger partial charge in [0.15, 0.2) is 0 Å². The molecule has 0 aliphatic rings. The summed E-state index contributed by atoms with van der Waals surface area (Å²) < 4.78 is 0. The lowest BCUT2D eigenvalue weighted by Gasteiger charge is -2.02. The van der Waals surface area contributed by atoms with Crippen LogP contribution in [0, 0.1) is 0 Å². The molecule has 1 N–H and O–H groups in total. The normalized spacial score (nSPS) is 10.3. The van der Waals surface area contributed by atoms with Gasteiger partial charge in [0.1, 0.15) is 5.01 Å². The summed E-state index contributed by atoms with van der Waals surface area (Å²) in [6.07, 6.45) is 3.55. The third kappa shape index (κ3) is 3.52. The van der Waals surface area contributed by atoms with E-state index in [9.17, 15) is 4.79 Å². The number of hydrogen-bond acceptors (Lipinski definition) is 4. The summed E-state index contributed by atoms with van der Waals surface area (Å²) >= 11 is 1.55. The van der Waals surface area contributed by atoms with Gasteiger partial charge in [0, 0.05) is 17.1 Å². The zero-order valence-corrected chi connectivity index (χ0v) is 12.0. The van der Waals surface area contributed by atoms with E-state index in [1.807, 2.05) is 35.7 Å². The summed E-state index contributed by atoms with van der Waals surface area (Å²) in [7, 11) is 0. The minimum absolute atomic E-state index is 0.0899. The molecule has 4 nitrogen and oxygen atoms in total. The van der Waals surface area contributed by atoms with Crippen molar-refractivity contribution in [3.05, 3.63) is 65.9 Å². The van der Waals surface area contributed by atoms with E-state index < -0.39 is 0 Å². The third-order valence-electron chi connectivity index (χ3n) is 2.86. The molecule has 2 heterocycles. The molecule has 0 radical (unpaired) electrons. The minimum atomic E-state index is -0.0899. The summed E-state index contributed by atoms with van der Waals surface area (Å²) in [5, 5.41) is 5.65. The van der Waals surface area contributed by atoms with Gasteiger partial charge in [-0.1, -0.05) is 30.3 Å². The molecule has 3 aromatic rings. The molecule has 0 bridgehead atoms. The largest absolute Gasteiger partial charge is 0.324 e. The standard InChI is InChI=1S/C16H13N3OS/c20-15(18-13-7-4-8-17-10-13)9-14-11-21-16(19-14)12-5-2-1-3-6-12/h1-8,10-11H,9H2,(H,18,20). The van der Waals surface area contributed by atoms with Crippen LogP contribution in [0.2, 0.25) is 0 Å². The first-order valence-corrected chi connectivity index (χ1v) is 7.39. The Morgan fingerprint density at radius 2 is 2.00 bits per heavy atom. The number of carbonyl (C=O) groups is 1. The van der Waals surface area contributed by atoms with Crippen molar-refractivity contribution in [2.45, 2.75) is 6.42 Å². The highest BCUT2D eigenvalue weighted by Crippen LogP contribution is 2.23. The van der Waals surface area contributed by atoms with Crippen molar-refractivity contribution in [1.29, 1.82) is 0 Å².